The van der Waals surface area contributed by atoms with Crippen molar-refractivity contribution >= 4 is 80.7 Å². The lowest BCUT2D eigenvalue weighted by molar-refractivity contribution is -0.132. The summed E-state index contributed by atoms with van der Waals surface area (Å²) in [5.41, 5.74) is 3.94. The normalized spacial score (nSPS) is 16.7. The summed E-state index contributed by atoms with van der Waals surface area (Å²) in [6.07, 6.45) is 5.81. The second-order valence-corrected chi connectivity index (χ2v) is 24.7. The highest BCUT2D eigenvalue weighted by Crippen LogP contribution is 2.43. The third-order valence-electron chi connectivity index (χ3n) is 16.1. The van der Waals surface area contributed by atoms with Gasteiger partial charge in [-0.05, 0) is 88.6 Å². The first-order chi connectivity index (χ1) is 48.4. The van der Waals surface area contributed by atoms with Crippen LogP contribution in [0.2, 0.25) is 0 Å². The van der Waals surface area contributed by atoms with Crippen LogP contribution >= 0.6 is 15.9 Å². The molecule has 0 aromatic heterocycles. The van der Waals surface area contributed by atoms with Crippen molar-refractivity contribution in [3.8, 4) is 23.0 Å². The Morgan fingerprint density at radius 3 is 1.68 bits per heavy atom. The van der Waals surface area contributed by atoms with Crippen LogP contribution in [-0.4, -0.2) is 238 Å². The van der Waals surface area contributed by atoms with Gasteiger partial charge in [0.25, 0.3) is 11.8 Å². The van der Waals surface area contributed by atoms with Gasteiger partial charge in [0.15, 0.2) is 29.2 Å². The van der Waals surface area contributed by atoms with Gasteiger partial charge in [0.2, 0.25) is 23.6 Å². The molecule has 550 valence electrons. The molecule has 5 N–H and O–H groups in total. The molecular weight excluding hydrogens is 1370 g/mol. The first kappa shape index (κ1) is 79.5. The fourth-order valence-electron chi connectivity index (χ4n) is 10.8. The summed E-state index contributed by atoms with van der Waals surface area (Å²) in [6, 6.07) is 9.98. The molecule has 5 atom stereocenters. The van der Waals surface area contributed by atoms with Gasteiger partial charge in [-0.1, -0.05) is 53.1 Å². The van der Waals surface area contributed by atoms with Crippen molar-refractivity contribution in [1.29, 1.82) is 0 Å². The molecule has 3 aromatic rings. The van der Waals surface area contributed by atoms with Crippen molar-refractivity contribution in [3.05, 3.63) is 88.8 Å². The van der Waals surface area contributed by atoms with Crippen LogP contribution in [-0.2, 0) is 68.4 Å². The summed E-state index contributed by atoms with van der Waals surface area (Å²) >= 11 is 3.08. The van der Waals surface area contributed by atoms with Gasteiger partial charge in [0.05, 0.1) is 173 Å². The quantitative estimate of drug-likeness (QED) is 0.0303. The first-order valence-electron chi connectivity index (χ1n) is 33.7. The average molecular weight is 1470 g/mol. The maximum atomic E-state index is 14.3. The number of nitrogens with zero attached hydrogens (tertiary/aromatic N) is 4. The largest absolute Gasteiger partial charge is 0.493 e. The van der Waals surface area contributed by atoms with E-state index < -0.39 is 54.1 Å². The van der Waals surface area contributed by atoms with Crippen LogP contribution in [0.3, 0.4) is 0 Å². The van der Waals surface area contributed by atoms with Crippen LogP contribution in [0.4, 0.5) is 21.9 Å². The van der Waals surface area contributed by atoms with Crippen molar-refractivity contribution in [2.24, 2.45) is 10.9 Å². The number of carbonyl (C=O) groups excluding carboxylic acids is 7. The van der Waals surface area contributed by atoms with E-state index in [4.69, 9.17) is 61.6 Å². The van der Waals surface area contributed by atoms with Gasteiger partial charge >= 0.3 is 6.09 Å². The number of aliphatic imine (C=N–C) groups is 1. The number of aliphatic hydroxyl groups excluding tert-OH is 1. The summed E-state index contributed by atoms with van der Waals surface area (Å²) in [6.45, 7) is 15.8. The standard InChI is InChI=1S/C70H97BrN8O21/c1-46(2)64(76-62(80)15-19-90-21-23-92-25-27-94-29-31-96-33-34-97-32-30-95-28-26-93-24-22-91-20-16-72-63(81)41-71)66(83)74-49(5)65(82)75-51-13-11-50(12-14-51)45-100-70(87)79-56-40-61(59(89-7)38-54(56)68(85)78-44-48(4)36-57(78)69(79)86)99-18-10-8-9-17-98-60-39-55-53(37-58(60)88-6)67(84)77-43-47(3)35-52(77)42-73-55/h11-14,37-40,42-44,46,49,52,57,64,69,86H,8-10,15-36,41,45H2,1-7H3,(H,72,81)(H,74,83)(H,75,82)(H,76,80)/t49?,52?,57-,64+,69?/m1/s1. The number of aliphatic hydroxyl groups is 1. The van der Waals surface area contributed by atoms with Gasteiger partial charge in [0, 0.05) is 49.4 Å². The minimum absolute atomic E-state index is 0.00429. The second-order valence-electron chi connectivity index (χ2n) is 24.2. The Labute approximate surface area is 592 Å². The van der Waals surface area contributed by atoms with E-state index in [1.807, 2.05) is 20.0 Å². The molecule has 3 unspecified atom stereocenters. The average Bonchev–Trinajstić information content (AvgIpc) is 1.59. The molecule has 30 heteroatoms. The van der Waals surface area contributed by atoms with Crippen LogP contribution in [0.15, 0.2) is 77.1 Å². The number of benzene rings is 3. The molecule has 3 aromatic carbocycles. The van der Waals surface area contributed by atoms with Crippen molar-refractivity contribution in [2.75, 3.05) is 155 Å². The Bertz CT molecular complexity index is 3260. The predicted octanol–water partition coefficient (Wildman–Crippen LogP) is 6.38. The molecule has 0 bridgehead atoms. The molecule has 4 aliphatic heterocycles. The van der Waals surface area contributed by atoms with Crippen LogP contribution in [0, 0.1) is 5.92 Å². The van der Waals surface area contributed by atoms with Crippen molar-refractivity contribution < 1.29 is 100 Å². The van der Waals surface area contributed by atoms with Gasteiger partial charge < -0.3 is 97.8 Å². The maximum Gasteiger partial charge on any atom is 0.416 e. The Hall–Kier alpha value is -7.78. The molecule has 4 aliphatic rings. The SMILES string of the molecule is COc1cc2c(cc1OCCCCCOc1cc3c(cc1OC)C(=O)N1C=C(C)C[C@@H]1C(O)N3C(=O)OCc1ccc(NC(=O)C(C)NC(=O)[C@@H](NC(=O)CCOCCOCCOCCOCCOCCOCCOCCOCCNC(=O)CBr)C(C)C)cc1)N=CC1CC(C)=CN1C2=O. The summed E-state index contributed by atoms with van der Waals surface area (Å²) < 4.78 is 73.4. The third kappa shape index (κ3) is 24.8. The van der Waals surface area contributed by atoms with Gasteiger partial charge in [-0.3, -0.25) is 33.8 Å². The monoisotopic (exact) mass is 1460 g/mol. The number of methoxy groups -OCH3 is 2. The Balaban J connectivity index is 0.757. The van der Waals surface area contributed by atoms with Crippen LogP contribution in [0.25, 0.3) is 0 Å². The molecule has 4 heterocycles. The number of hydrogen-bond donors (Lipinski definition) is 5. The summed E-state index contributed by atoms with van der Waals surface area (Å²) in [5.74, 6) is -1.09. The number of carbonyl (C=O) groups is 7. The number of anilines is 2. The first-order valence-corrected chi connectivity index (χ1v) is 34.8. The predicted molar refractivity (Wildman–Crippen MR) is 372 cm³/mol. The maximum absolute atomic E-state index is 14.3. The summed E-state index contributed by atoms with van der Waals surface area (Å²) in [5, 5.41) is 23.1. The van der Waals surface area contributed by atoms with E-state index >= 15 is 0 Å². The zero-order chi connectivity index (χ0) is 71.8. The number of ether oxygens (including phenoxy) is 13. The van der Waals surface area contributed by atoms with Gasteiger partial charge in [-0.15, -0.1) is 0 Å². The van der Waals surface area contributed by atoms with E-state index in [9.17, 15) is 38.7 Å². The second kappa shape index (κ2) is 42.5. The van der Waals surface area contributed by atoms with E-state index in [1.165, 1.54) is 38.2 Å². The number of fused-ring (bicyclic) bond motifs is 4. The molecular formula is C70H97BrN8O21. The number of unbranched alkanes of at least 4 members (excludes halogenated alkanes) is 2. The number of halogens is 1. The molecule has 100 heavy (non-hydrogen) atoms. The Kier molecular flexibility index (Phi) is 33.8. The highest BCUT2D eigenvalue weighted by Gasteiger charge is 2.45. The fourth-order valence-corrected chi connectivity index (χ4v) is 11.0. The lowest BCUT2D eigenvalue weighted by atomic mass is 10.0. The molecule has 0 saturated carbocycles. The van der Waals surface area contributed by atoms with Crippen molar-refractivity contribution in [3.63, 3.8) is 0 Å². The lowest BCUT2D eigenvalue weighted by Gasteiger charge is -2.31. The topological polar surface area (TPSA) is 330 Å². The van der Waals surface area contributed by atoms with Crippen LogP contribution in [0.5, 0.6) is 23.0 Å². The van der Waals surface area contributed by atoms with E-state index in [1.54, 1.807) is 67.6 Å². The van der Waals surface area contributed by atoms with Crippen LogP contribution < -0.4 is 45.1 Å². The number of amides is 7. The van der Waals surface area contributed by atoms with E-state index in [0.717, 1.165) is 22.5 Å². The Morgan fingerprint density at radius 2 is 1.12 bits per heavy atom. The van der Waals surface area contributed by atoms with Gasteiger partial charge in [0.1, 0.15) is 18.7 Å². The smallest absolute Gasteiger partial charge is 0.416 e. The van der Waals surface area contributed by atoms with E-state index in [0.29, 0.717) is 165 Å². The molecule has 0 fully saturated rings. The number of nitrogens with one attached hydrogen (secondary N) is 4. The van der Waals surface area contributed by atoms with Crippen molar-refractivity contribution in [2.45, 2.75) is 110 Å². The third-order valence-corrected chi connectivity index (χ3v) is 16.6. The molecule has 29 nitrogen and oxygen atoms in total. The molecule has 0 aliphatic carbocycles. The minimum Gasteiger partial charge on any atom is -0.493 e. The highest BCUT2D eigenvalue weighted by atomic mass is 79.9. The Morgan fingerprint density at radius 1 is 0.600 bits per heavy atom. The zero-order valence-corrected chi connectivity index (χ0v) is 59.8. The van der Waals surface area contributed by atoms with E-state index in [-0.39, 0.29) is 84.7 Å². The molecule has 0 spiro atoms. The fraction of sp³-hybridized carbons (Fsp3) is 0.571. The molecule has 0 radical (unpaired) electrons. The number of rotatable bonds is 46. The molecule has 0 saturated heterocycles. The van der Waals surface area contributed by atoms with E-state index in [2.05, 4.69) is 42.2 Å². The minimum atomic E-state index is -1.52. The molecule has 7 amide bonds. The summed E-state index contributed by atoms with van der Waals surface area (Å²) in [4.78, 5) is 101. The van der Waals surface area contributed by atoms with Crippen LogP contribution in [0.1, 0.15) is 99.4 Å². The highest BCUT2D eigenvalue weighted by molar-refractivity contribution is 9.09. The lowest BCUT2D eigenvalue weighted by Crippen LogP contribution is -2.53. The number of alkyl halides is 1. The molecule has 7 rings (SSSR count). The van der Waals surface area contributed by atoms with Crippen molar-refractivity contribution in [1.82, 2.24) is 25.8 Å². The zero-order valence-electron chi connectivity index (χ0n) is 58.2. The van der Waals surface area contributed by atoms with Gasteiger partial charge in [-0.2, -0.15) is 0 Å². The number of hydrogen-bond acceptors (Lipinski definition) is 22. The van der Waals surface area contributed by atoms with Gasteiger partial charge in [-0.25, -0.2) is 9.69 Å². The summed E-state index contributed by atoms with van der Waals surface area (Å²) in [7, 11) is 2.97.